The summed E-state index contributed by atoms with van der Waals surface area (Å²) in [6, 6.07) is 5.12. The Morgan fingerprint density at radius 2 is 1.29 bits per heavy atom. The molecule has 10 unspecified atom stereocenters. The van der Waals surface area contributed by atoms with Gasteiger partial charge in [0, 0.05) is 45.4 Å². The van der Waals surface area contributed by atoms with Crippen molar-refractivity contribution in [2.24, 2.45) is 0 Å². The number of phenols is 4. The molecular formula is C35H38O20. The van der Waals surface area contributed by atoms with E-state index < -0.39 is 137 Å². The quantitative estimate of drug-likeness (QED) is 0.0933. The third-order valence-corrected chi connectivity index (χ3v) is 8.39. The standard InChI is InChI=1S/C35H38O20/c1-12-28(49-13(2)36)26(45)33(52-16(5)39)35(48-12)47-11-23-30(50-14(3)37)32(51-15(4)38)27(46)34(54-23)55-31-25(44)24-21(43)9-18(40)10-22(24)53-29(31)17-6-7-19(41)20(42)8-17/h6-10,12,23,26-28,30,32-35,40-43,45-46H,11H2,1-5H3. The second-order valence-electron chi connectivity index (χ2n) is 12.6. The van der Waals surface area contributed by atoms with Gasteiger partial charge in [-0.05, 0) is 25.1 Å². The normalized spacial score (nSPS) is 27.8. The van der Waals surface area contributed by atoms with Crippen LogP contribution in [0.5, 0.6) is 28.7 Å². The third-order valence-electron chi connectivity index (χ3n) is 8.39. The zero-order chi connectivity index (χ0) is 40.5. The lowest BCUT2D eigenvalue weighted by molar-refractivity contribution is -0.322. The maximum Gasteiger partial charge on any atom is 0.303 e. The van der Waals surface area contributed by atoms with Gasteiger partial charge in [0.2, 0.25) is 17.5 Å². The summed E-state index contributed by atoms with van der Waals surface area (Å²) < 4.78 is 50.5. The van der Waals surface area contributed by atoms with Crippen molar-refractivity contribution in [1.29, 1.82) is 0 Å². The van der Waals surface area contributed by atoms with E-state index in [1.165, 1.54) is 13.0 Å². The molecule has 3 heterocycles. The van der Waals surface area contributed by atoms with Gasteiger partial charge < -0.3 is 73.0 Å². The summed E-state index contributed by atoms with van der Waals surface area (Å²) in [5.41, 5.74) is -1.51. The molecule has 2 aliphatic heterocycles. The largest absolute Gasteiger partial charge is 0.508 e. The van der Waals surface area contributed by atoms with Gasteiger partial charge in [0.1, 0.15) is 34.7 Å². The Morgan fingerprint density at radius 3 is 1.91 bits per heavy atom. The molecule has 0 radical (unpaired) electrons. The first-order valence-corrected chi connectivity index (χ1v) is 16.6. The monoisotopic (exact) mass is 778 g/mol. The molecule has 0 spiro atoms. The predicted octanol–water partition coefficient (Wildman–Crippen LogP) is 0.596. The van der Waals surface area contributed by atoms with Crippen molar-refractivity contribution in [3.05, 3.63) is 40.6 Å². The Morgan fingerprint density at radius 1 is 0.691 bits per heavy atom. The fraction of sp³-hybridized carbons (Fsp3) is 0.457. The number of aliphatic hydroxyl groups excluding tert-OH is 2. The third kappa shape index (κ3) is 8.84. The van der Waals surface area contributed by atoms with Crippen LogP contribution >= 0.6 is 0 Å². The van der Waals surface area contributed by atoms with E-state index >= 15 is 0 Å². The first kappa shape index (κ1) is 40.5. The lowest BCUT2D eigenvalue weighted by atomic mass is 9.97. The maximum absolute atomic E-state index is 14.0. The number of ether oxygens (including phenoxy) is 8. The highest BCUT2D eigenvalue weighted by Gasteiger charge is 2.53. The number of carbonyl (C=O) groups is 4. The lowest BCUT2D eigenvalue weighted by Gasteiger charge is -2.45. The minimum absolute atomic E-state index is 0.0858. The van der Waals surface area contributed by atoms with Crippen molar-refractivity contribution in [2.45, 2.75) is 96.0 Å². The van der Waals surface area contributed by atoms with Crippen LogP contribution in [0.4, 0.5) is 0 Å². The van der Waals surface area contributed by atoms with Gasteiger partial charge in [-0.15, -0.1) is 0 Å². The van der Waals surface area contributed by atoms with Gasteiger partial charge in [-0.1, -0.05) is 0 Å². The minimum atomic E-state index is -2.04. The zero-order valence-corrected chi connectivity index (χ0v) is 29.8. The molecule has 2 aromatic carbocycles. The Bertz CT molecular complexity index is 2010. The minimum Gasteiger partial charge on any atom is -0.508 e. The molecule has 0 amide bonds. The molecule has 2 saturated heterocycles. The van der Waals surface area contributed by atoms with E-state index in [2.05, 4.69) is 0 Å². The van der Waals surface area contributed by atoms with Crippen molar-refractivity contribution in [3.63, 3.8) is 0 Å². The SMILES string of the molecule is CC(=O)OC1C(C)OC(OCC2OC(Oc3c(-c4ccc(O)c(O)c4)oc4cc(O)cc(O)c4c3=O)C(O)C(OC(C)=O)C2OC(C)=O)C(OC(C)=O)C1O. The van der Waals surface area contributed by atoms with Crippen LogP contribution in [0, 0.1) is 0 Å². The zero-order valence-electron chi connectivity index (χ0n) is 29.8. The Labute approximate surface area is 310 Å². The van der Waals surface area contributed by atoms with Crippen molar-refractivity contribution >= 4 is 34.8 Å². The number of hydrogen-bond donors (Lipinski definition) is 6. The van der Waals surface area contributed by atoms with E-state index in [0.29, 0.717) is 0 Å². The van der Waals surface area contributed by atoms with E-state index in [4.69, 9.17) is 42.3 Å². The molecule has 2 fully saturated rings. The van der Waals surface area contributed by atoms with E-state index in [9.17, 15) is 54.6 Å². The molecule has 20 heteroatoms. The van der Waals surface area contributed by atoms with Crippen LogP contribution in [0.15, 0.2) is 39.5 Å². The molecule has 10 atom stereocenters. The number of aromatic hydroxyl groups is 4. The number of esters is 4. The molecule has 0 saturated carbocycles. The average Bonchev–Trinajstić information content (AvgIpc) is 3.08. The number of benzene rings is 2. The second-order valence-corrected chi connectivity index (χ2v) is 12.6. The number of hydrogen-bond acceptors (Lipinski definition) is 20. The number of phenolic OH excluding ortho intramolecular Hbond substituents is 4. The molecule has 0 bridgehead atoms. The van der Waals surface area contributed by atoms with Gasteiger partial charge in [0.15, 0.2) is 54.1 Å². The van der Waals surface area contributed by atoms with Gasteiger partial charge in [-0.25, -0.2) is 0 Å². The highest BCUT2D eigenvalue weighted by atomic mass is 16.7. The van der Waals surface area contributed by atoms with Crippen molar-refractivity contribution < 1.29 is 92.1 Å². The molecule has 0 aliphatic carbocycles. The van der Waals surface area contributed by atoms with E-state index in [1.54, 1.807) is 0 Å². The molecule has 55 heavy (non-hydrogen) atoms. The Hall–Kier alpha value is -5.67. The molecule has 6 N–H and O–H groups in total. The summed E-state index contributed by atoms with van der Waals surface area (Å²) in [5.74, 6) is -7.15. The van der Waals surface area contributed by atoms with E-state index in [1.807, 2.05) is 0 Å². The summed E-state index contributed by atoms with van der Waals surface area (Å²) in [5, 5.41) is 62.8. The van der Waals surface area contributed by atoms with Crippen LogP contribution in [-0.4, -0.2) is 123 Å². The predicted molar refractivity (Wildman–Crippen MR) is 178 cm³/mol. The number of rotatable bonds is 10. The molecule has 298 valence electrons. The van der Waals surface area contributed by atoms with Crippen LogP contribution < -0.4 is 10.2 Å². The first-order valence-electron chi connectivity index (χ1n) is 16.6. The van der Waals surface area contributed by atoms with Crippen LogP contribution in [0.25, 0.3) is 22.3 Å². The van der Waals surface area contributed by atoms with Gasteiger partial charge in [-0.3, -0.25) is 24.0 Å². The molecule has 5 rings (SSSR count). The number of aliphatic hydroxyl groups is 2. The fourth-order valence-corrected chi connectivity index (χ4v) is 6.12. The van der Waals surface area contributed by atoms with Crippen molar-refractivity contribution in [3.8, 4) is 40.1 Å². The summed E-state index contributed by atoms with van der Waals surface area (Å²) in [6.45, 7) is 4.87. The fourth-order valence-electron chi connectivity index (χ4n) is 6.12. The molecular weight excluding hydrogens is 740 g/mol. The number of carbonyl (C=O) groups excluding carboxylic acids is 4. The Balaban J connectivity index is 1.56. The van der Waals surface area contributed by atoms with Gasteiger partial charge in [0.25, 0.3) is 0 Å². The van der Waals surface area contributed by atoms with Crippen LogP contribution in [0.1, 0.15) is 34.6 Å². The van der Waals surface area contributed by atoms with Crippen LogP contribution in [-0.2, 0) is 52.3 Å². The summed E-state index contributed by atoms with van der Waals surface area (Å²) in [6.07, 6.45) is -16.2. The van der Waals surface area contributed by atoms with Crippen LogP contribution in [0.3, 0.4) is 0 Å². The highest BCUT2D eigenvalue weighted by molar-refractivity contribution is 5.88. The first-order chi connectivity index (χ1) is 25.9. The topological polar surface area (TPSA) is 294 Å². The van der Waals surface area contributed by atoms with E-state index in [0.717, 1.165) is 52.0 Å². The smallest absolute Gasteiger partial charge is 0.303 e. The average molecular weight is 779 g/mol. The molecule has 2 aliphatic rings. The molecule has 3 aromatic rings. The van der Waals surface area contributed by atoms with Crippen molar-refractivity contribution in [2.75, 3.05) is 6.61 Å². The summed E-state index contributed by atoms with van der Waals surface area (Å²) in [4.78, 5) is 62.2. The molecule has 20 nitrogen and oxygen atoms in total. The summed E-state index contributed by atoms with van der Waals surface area (Å²) in [7, 11) is 0. The van der Waals surface area contributed by atoms with Crippen molar-refractivity contribution in [1.82, 2.24) is 0 Å². The lowest BCUT2D eigenvalue weighted by Crippen LogP contribution is -2.64. The highest BCUT2D eigenvalue weighted by Crippen LogP contribution is 2.40. The summed E-state index contributed by atoms with van der Waals surface area (Å²) >= 11 is 0. The van der Waals surface area contributed by atoms with E-state index in [-0.39, 0.29) is 11.1 Å². The number of fused-ring (bicyclic) bond motifs is 1. The van der Waals surface area contributed by atoms with Crippen LogP contribution in [0.2, 0.25) is 0 Å². The van der Waals surface area contributed by atoms with Gasteiger partial charge >= 0.3 is 23.9 Å². The van der Waals surface area contributed by atoms with Gasteiger partial charge in [0.05, 0.1) is 12.7 Å². The Kier molecular flexibility index (Phi) is 12.1. The maximum atomic E-state index is 14.0. The van der Waals surface area contributed by atoms with Gasteiger partial charge in [-0.2, -0.15) is 0 Å². The second kappa shape index (κ2) is 16.4. The molecule has 1 aromatic heterocycles.